The summed E-state index contributed by atoms with van der Waals surface area (Å²) in [5.41, 5.74) is 2.39. The number of hydrogen-bond acceptors (Lipinski definition) is 2. The molecular formula is C22H32O3. The van der Waals surface area contributed by atoms with Crippen LogP contribution in [-0.2, 0) is 11.2 Å². The highest BCUT2D eigenvalue weighted by Crippen LogP contribution is 2.15. The minimum atomic E-state index is -0.730. The normalized spacial score (nSPS) is 12.9. The number of hydrogen-bond donors (Lipinski definition) is 2. The first-order valence-electron chi connectivity index (χ1n) is 9.46. The van der Waals surface area contributed by atoms with Gasteiger partial charge in [-0.05, 0) is 36.8 Å². The number of carboxylic acids is 1. The van der Waals surface area contributed by atoms with Crippen LogP contribution in [0.15, 0.2) is 42.5 Å². The van der Waals surface area contributed by atoms with E-state index in [9.17, 15) is 9.90 Å². The zero-order valence-electron chi connectivity index (χ0n) is 15.4. The molecule has 3 heteroatoms. The highest BCUT2D eigenvalue weighted by Gasteiger charge is 2.01. The van der Waals surface area contributed by atoms with Crippen molar-refractivity contribution in [1.29, 1.82) is 0 Å². The Morgan fingerprint density at radius 2 is 1.88 bits per heavy atom. The lowest BCUT2D eigenvalue weighted by Crippen LogP contribution is -2.00. The molecule has 0 bridgehead atoms. The Morgan fingerprint density at radius 3 is 2.64 bits per heavy atom. The Bertz CT molecular complexity index is 546. The second-order valence-electron chi connectivity index (χ2n) is 6.46. The van der Waals surface area contributed by atoms with Gasteiger partial charge in [-0.1, -0.05) is 81.2 Å². The maximum absolute atomic E-state index is 10.6. The van der Waals surface area contributed by atoms with Crippen LogP contribution in [0.3, 0.4) is 0 Å². The van der Waals surface area contributed by atoms with Crippen LogP contribution in [0.2, 0.25) is 0 Å². The van der Waals surface area contributed by atoms with Crippen molar-refractivity contribution >= 4 is 12.0 Å². The molecule has 3 nitrogen and oxygen atoms in total. The number of carbonyl (C=O) groups is 1. The molecule has 1 atom stereocenters. The maximum Gasteiger partial charge on any atom is 0.303 e. The fourth-order valence-corrected chi connectivity index (χ4v) is 2.74. The third-order valence-corrected chi connectivity index (χ3v) is 4.22. The fourth-order valence-electron chi connectivity index (χ4n) is 2.74. The minimum absolute atomic E-state index is 0.233. The SMILES string of the molecule is CCCCCCC(O)C=CC=Cc1ccccc1CCCCC(=O)O. The Balaban J connectivity index is 2.43. The molecule has 2 N–H and O–H groups in total. The number of carboxylic acid groups (broad SMARTS) is 1. The fraction of sp³-hybridized carbons (Fsp3) is 0.500. The van der Waals surface area contributed by atoms with E-state index in [1.165, 1.54) is 24.8 Å². The molecule has 0 amide bonds. The molecule has 0 radical (unpaired) electrons. The topological polar surface area (TPSA) is 57.5 Å². The first kappa shape index (κ1) is 21.2. The van der Waals surface area contributed by atoms with E-state index < -0.39 is 5.97 Å². The van der Waals surface area contributed by atoms with Crippen molar-refractivity contribution in [3.8, 4) is 0 Å². The lowest BCUT2D eigenvalue weighted by Gasteiger charge is -2.05. The molecule has 138 valence electrons. The van der Waals surface area contributed by atoms with Crippen LogP contribution in [0.5, 0.6) is 0 Å². The number of aliphatic carboxylic acids is 1. The van der Waals surface area contributed by atoms with Gasteiger partial charge in [-0.25, -0.2) is 0 Å². The van der Waals surface area contributed by atoms with Crippen LogP contribution in [0.1, 0.15) is 69.4 Å². The van der Waals surface area contributed by atoms with Crippen LogP contribution in [-0.4, -0.2) is 22.3 Å². The van der Waals surface area contributed by atoms with Gasteiger partial charge >= 0.3 is 5.97 Å². The number of aliphatic hydroxyl groups is 1. The van der Waals surface area contributed by atoms with Crippen LogP contribution < -0.4 is 0 Å². The Hall–Kier alpha value is -1.87. The summed E-state index contributed by atoms with van der Waals surface area (Å²) in [6.45, 7) is 2.19. The van der Waals surface area contributed by atoms with Crippen molar-refractivity contribution in [2.24, 2.45) is 0 Å². The molecule has 0 spiro atoms. The van der Waals surface area contributed by atoms with Crippen molar-refractivity contribution in [3.63, 3.8) is 0 Å². The van der Waals surface area contributed by atoms with E-state index in [0.29, 0.717) is 6.42 Å². The molecular weight excluding hydrogens is 312 g/mol. The molecule has 0 saturated heterocycles. The van der Waals surface area contributed by atoms with Gasteiger partial charge in [0.2, 0.25) is 0 Å². The van der Waals surface area contributed by atoms with E-state index >= 15 is 0 Å². The van der Waals surface area contributed by atoms with Gasteiger partial charge in [0, 0.05) is 6.42 Å². The molecule has 0 fully saturated rings. The second kappa shape index (κ2) is 13.4. The van der Waals surface area contributed by atoms with Crippen molar-refractivity contribution < 1.29 is 15.0 Å². The van der Waals surface area contributed by atoms with E-state index in [-0.39, 0.29) is 12.5 Å². The van der Waals surface area contributed by atoms with Gasteiger partial charge in [-0.3, -0.25) is 4.79 Å². The van der Waals surface area contributed by atoms with E-state index in [4.69, 9.17) is 5.11 Å². The van der Waals surface area contributed by atoms with E-state index in [1.54, 1.807) is 0 Å². The van der Waals surface area contributed by atoms with Gasteiger partial charge in [-0.2, -0.15) is 0 Å². The molecule has 1 aromatic carbocycles. The standard InChI is InChI=1S/C22H32O3/c1-2-3-4-5-16-21(23)17-10-8-14-19-12-6-7-13-20(19)15-9-11-18-22(24)25/h6-8,10,12-14,17,21,23H,2-5,9,11,15-16,18H2,1H3,(H,24,25). The van der Waals surface area contributed by atoms with E-state index in [0.717, 1.165) is 31.2 Å². The lowest BCUT2D eigenvalue weighted by atomic mass is 10.0. The predicted octanol–water partition coefficient (Wildman–Crippen LogP) is 5.38. The van der Waals surface area contributed by atoms with Gasteiger partial charge in [0.15, 0.2) is 0 Å². The quantitative estimate of drug-likeness (QED) is 0.373. The summed E-state index contributed by atoms with van der Waals surface area (Å²) in [5.74, 6) is -0.730. The number of benzene rings is 1. The summed E-state index contributed by atoms with van der Waals surface area (Å²) in [6.07, 6.45) is 15.6. The zero-order chi connectivity index (χ0) is 18.3. The molecule has 0 aliphatic heterocycles. The van der Waals surface area contributed by atoms with Crippen molar-refractivity contribution in [2.45, 2.75) is 70.8 Å². The van der Waals surface area contributed by atoms with Crippen LogP contribution in [0, 0.1) is 0 Å². The molecule has 0 saturated carbocycles. The first-order chi connectivity index (χ1) is 12.1. The van der Waals surface area contributed by atoms with Crippen molar-refractivity contribution in [2.75, 3.05) is 0 Å². The third kappa shape index (κ3) is 10.6. The number of allylic oxidation sites excluding steroid dienone is 2. The highest BCUT2D eigenvalue weighted by molar-refractivity contribution is 5.66. The van der Waals surface area contributed by atoms with Gasteiger partial charge in [-0.15, -0.1) is 0 Å². The predicted molar refractivity (Wildman–Crippen MR) is 105 cm³/mol. The van der Waals surface area contributed by atoms with Gasteiger partial charge < -0.3 is 10.2 Å². The number of unbranched alkanes of at least 4 members (excludes halogenated alkanes) is 4. The van der Waals surface area contributed by atoms with E-state index in [1.807, 2.05) is 36.4 Å². The highest BCUT2D eigenvalue weighted by atomic mass is 16.4. The Morgan fingerprint density at radius 1 is 1.08 bits per heavy atom. The monoisotopic (exact) mass is 344 g/mol. The maximum atomic E-state index is 10.6. The third-order valence-electron chi connectivity index (χ3n) is 4.22. The summed E-state index contributed by atoms with van der Waals surface area (Å²) in [6, 6.07) is 8.18. The average molecular weight is 344 g/mol. The Labute approximate surface area is 152 Å². The number of rotatable bonds is 13. The summed E-state index contributed by atoms with van der Waals surface area (Å²) >= 11 is 0. The molecule has 1 aromatic rings. The first-order valence-corrected chi connectivity index (χ1v) is 9.46. The summed E-state index contributed by atoms with van der Waals surface area (Å²) in [5, 5.41) is 18.6. The molecule has 1 unspecified atom stereocenters. The van der Waals surface area contributed by atoms with Gasteiger partial charge in [0.05, 0.1) is 6.10 Å². The molecule has 1 rings (SSSR count). The van der Waals surface area contributed by atoms with Crippen LogP contribution in [0.25, 0.3) is 6.08 Å². The van der Waals surface area contributed by atoms with Gasteiger partial charge in [0.25, 0.3) is 0 Å². The lowest BCUT2D eigenvalue weighted by molar-refractivity contribution is -0.137. The van der Waals surface area contributed by atoms with Crippen LogP contribution in [0.4, 0.5) is 0 Å². The van der Waals surface area contributed by atoms with Crippen molar-refractivity contribution in [3.05, 3.63) is 53.6 Å². The number of aliphatic hydroxyl groups excluding tert-OH is 1. The molecule has 25 heavy (non-hydrogen) atoms. The zero-order valence-corrected chi connectivity index (χ0v) is 15.4. The summed E-state index contributed by atoms with van der Waals surface area (Å²) in [7, 11) is 0. The molecule has 0 aliphatic carbocycles. The van der Waals surface area contributed by atoms with Gasteiger partial charge in [0.1, 0.15) is 0 Å². The van der Waals surface area contributed by atoms with Crippen molar-refractivity contribution in [1.82, 2.24) is 0 Å². The second-order valence-corrected chi connectivity index (χ2v) is 6.46. The largest absolute Gasteiger partial charge is 0.481 e. The summed E-state index contributed by atoms with van der Waals surface area (Å²) in [4.78, 5) is 10.6. The molecule has 0 heterocycles. The number of aryl methyl sites for hydroxylation is 1. The average Bonchev–Trinajstić information content (AvgIpc) is 2.60. The Kier molecular flexibility index (Phi) is 11.4. The molecule has 0 aromatic heterocycles. The van der Waals surface area contributed by atoms with Crippen LogP contribution >= 0.6 is 0 Å². The minimum Gasteiger partial charge on any atom is -0.481 e. The summed E-state index contributed by atoms with van der Waals surface area (Å²) < 4.78 is 0. The smallest absolute Gasteiger partial charge is 0.303 e. The van der Waals surface area contributed by atoms with E-state index in [2.05, 4.69) is 19.1 Å². The molecule has 0 aliphatic rings.